The number of aryl methyl sites for hydroxylation is 1. The third kappa shape index (κ3) is 3.14. The molecule has 3 heteroatoms. The van der Waals surface area contributed by atoms with Crippen LogP contribution >= 0.6 is 11.3 Å². The van der Waals surface area contributed by atoms with Crippen molar-refractivity contribution in [3.8, 4) is 0 Å². The smallest absolute Gasteiger partial charge is 0.0253 e. The second kappa shape index (κ2) is 5.32. The summed E-state index contributed by atoms with van der Waals surface area (Å²) in [5.74, 6) is 0.701. The molecular formula is C15H26N2S. The molecule has 1 N–H and O–H groups in total. The van der Waals surface area contributed by atoms with Crippen molar-refractivity contribution in [1.82, 2.24) is 10.2 Å². The highest BCUT2D eigenvalue weighted by molar-refractivity contribution is 7.08. The second-order valence-electron chi connectivity index (χ2n) is 6.56. The number of nitrogens with one attached hydrogen (secondary N) is 1. The third-order valence-corrected chi connectivity index (χ3v) is 4.87. The quantitative estimate of drug-likeness (QED) is 0.903. The van der Waals surface area contributed by atoms with Crippen molar-refractivity contribution in [2.45, 2.75) is 52.7 Å². The normalized spacial score (nSPS) is 24.7. The van der Waals surface area contributed by atoms with E-state index in [1.54, 1.807) is 0 Å². The van der Waals surface area contributed by atoms with Crippen molar-refractivity contribution in [3.63, 3.8) is 0 Å². The predicted octanol–water partition coefficient (Wildman–Crippen LogP) is 3.26. The zero-order valence-electron chi connectivity index (χ0n) is 12.3. The standard InChI is InChI=1S/C15H26N2S/c1-11(2)14-6-16-15(4,5)10-17(14)7-13-9-18-8-12(13)3/h8-9,11,14,16H,6-7,10H2,1-5H3. The van der Waals surface area contributed by atoms with Gasteiger partial charge in [0.2, 0.25) is 0 Å². The Kier molecular flexibility index (Phi) is 4.15. The maximum Gasteiger partial charge on any atom is 0.0253 e. The summed E-state index contributed by atoms with van der Waals surface area (Å²) in [6, 6.07) is 0.650. The molecule has 1 aromatic rings. The summed E-state index contributed by atoms with van der Waals surface area (Å²) in [5, 5.41) is 8.24. The van der Waals surface area contributed by atoms with Crippen LogP contribution in [-0.4, -0.2) is 29.6 Å². The molecule has 1 fully saturated rings. The van der Waals surface area contributed by atoms with Gasteiger partial charge >= 0.3 is 0 Å². The van der Waals surface area contributed by atoms with E-state index >= 15 is 0 Å². The van der Waals surface area contributed by atoms with Crippen LogP contribution in [-0.2, 0) is 6.54 Å². The van der Waals surface area contributed by atoms with Crippen LogP contribution in [0.4, 0.5) is 0 Å². The van der Waals surface area contributed by atoms with Gasteiger partial charge in [-0.25, -0.2) is 0 Å². The van der Waals surface area contributed by atoms with Crippen LogP contribution in [0.25, 0.3) is 0 Å². The average Bonchev–Trinajstić information content (AvgIpc) is 2.62. The Hall–Kier alpha value is -0.380. The summed E-state index contributed by atoms with van der Waals surface area (Å²) in [6.45, 7) is 14.8. The van der Waals surface area contributed by atoms with Crippen LogP contribution in [0.3, 0.4) is 0 Å². The van der Waals surface area contributed by atoms with Gasteiger partial charge in [0.15, 0.2) is 0 Å². The number of nitrogens with zero attached hydrogens (tertiary/aromatic N) is 1. The molecule has 1 atom stereocenters. The van der Waals surface area contributed by atoms with E-state index in [2.05, 4.69) is 55.6 Å². The van der Waals surface area contributed by atoms with Gasteiger partial charge in [-0.1, -0.05) is 13.8 Å². The van der Waals surface area contributed by atoms with E-state index in [0.29, 0.717) is 12.0 Å². The lowest BCUT2D eigenvalue weighted by Gasteiger charge is -2.46. The fourth-order valence-corrected chi connectivity index (χ4v) is 3.64. The molecule has 1 saturated heterocycles. The van der Waals surface area contributed by atoms with E-state index in [1.165, 1.54) is 11.1 Å². The molecule has 0 spiro atoms. The molecule has 0 radical (unpaired) electrons. The van der Waals surface area contributed by atoms with Crippen molar-refractivity contribution in [3.05, 3.63) is 21.9 Å². The van der Waals surface area contributed by atoms with Gasteiger partial charge < -0.3 is 5.32 Å². The minimum absolute atomic E-state index is 0.231. The number of piperazine rings is 1. The summed E-state index contributed by atoms with van der Waals surface area (Å²) >= 11 is 1.82. The maximum absolute atomic E-state index is 3.67. The van der Waals surface area contributed by atoms with Gasteiger partial charge in [-0.05, 0) is 48.6 Å². The van der Waals surface area contributed by atoms with Crippen molar-refractivity contribution in [1.29, 1.82) is 0 Å². The SMILES string of the molecule is Cc1cscc1CN1CC(C)(C)NCC1C(C)C. The summed E-state index contributed by atoms with van der Waals surface area (Å²) in [4.78, 5) is 2.66. The Bertz CT molecular complexity index is 395. The van der Waals surface area contributed by atoms with Crippen LogP contribution in [0, 0.1) is 12.8 Å². The van der Waals surface area contributed by atoms with Crippen molar-refractivity contribution >= 4 is 11.3 Å². The number of thiophene rings is 1. The van der Waals surface area contributed by atoms with E-state index in [9.17, 15) is 0 Å². The van der Waals surface area contributed by atoms with Gasteiger partial charge in [0, 0.05) is 31.2 Å². The van der Waals surface area contributed by atoms with Crippen LogP contribution in [0.15, 0.2) is 10.8 Å². The highest BCUT2D eigenvalue weighted by atomic mass is 32.1. The molecule has 1 aromatic heterocycles. The first-order valence-corrected chi connectivity index (χ1v) is 7.84. The Labute approximate surface area is 115 Å². The maximum atomic E-state index is 3.67. The Balaban J connectivity index is 2.13. The zero-order valence-corrected chi connectivity index (χ0v) is 13.1. The summed E-state index contributed by atoms with van der Waals surface area (Å²) in [5.41, 5.74) is 3.18. The van der Waals surface area contributed by atoms with Crippen molar-refractivity contribution < 1.29 is 0 Å². The number of rotatable bonds is 3. The van der Waals surface area contributed by atoms with Gasteiger partial charge in [0.1, 0.15) is 0 Å². The lowest BCUT2D eigenvalue weighted by molar-refractivity contribution is 0.0627. The molecule has 2 rings (SSSR count). The molecule has 2 heterocycles. The van der Waals surface area contributed by atoms with Gasteiger partial charge in [-0.3, -0.25) is 4.90 Å². The fraction of sp³-hybridized carbons (Fsp3) is 0.733. The largest absolute Gasteiger partial charge is 0.309 e. The van der Waals surface area contributed by atoms with E-state index in [-0.39, 0.29) is 5.54 Å². The topological polar surface area (TPSA) is 15.3 Å². The molecule has 2 nitrogen and oxygen atoms in total. The monoisotopic (exact) mass is 266 g/mol. The molecular weight excluding hydrogens is 240 g/mol. The second-order valence-corrected chi connectivity index (χ2v) is 7.30. The minimum atomic E-state index is 0.231. The van der Waals surface area contributed by atoms with E-state index in [1.807, 2.05) is 11.3 Å². The average molecular weight is 266 g/mol. The minimum Gasteiger partial charge on any atom is -0.309 e. The lowest BCUT2D eigenvalue weighted by Crippen LogP contribution is -2.62. The highest BCUT2D eigenvalue weighted by Crippen LogP contribution is 2.24. The summed E-state index contributed by atoms with van der Waals surface area (Å²) in [7, 11) is 0. The molecule has 1 aliphatic heterocycles. The van der Waals surface area contributed by atoms with Crippen LogP contribution < -0.4 is 5.32 Å². The van der Waals surface area contributed by atoms with Crippen LogP contribution in [0.2, 0.25) is 0 Å². The molecule has 0 amide bonds. The molecule has 0 saturated carbocycles. The predicted molar refractivity (Wildman–Crippen MR) is 80.2 cm³/mol. The Morgan fingerprint density at radius 3 is 2.72 bits per heavy atom. The molecule has 1 aliphatic rings. The Morgan fingerprint density at radius 1 is 1.44 bits per heavy atom. The first-order valence-electron chi connectivity index (χ1n) is 6.90. The third-order valence-electron chi connectivity index (χ3n) is 3.96. The molecule has 1 unspecified atom stereocenters. The van der Waals surface area contributed by atoms with Gasteiger partial charge in [-0.2, -0.15) is 11.3 Å². The van der Waals surface area contributed by atoms with Crippen LogP contribution in [0.1, 0.15) is 38.8 Å². The van der Waals surface area contributed by atoms with Gasteiger partial charge in [0.05, 0.1) is 0 Å². The van der Waals surface area contributed by atoms with Gasteiger partial charge in [-0.15, -0.1) is 0 Å². The Morgan fingerprint density at radius 2 is 2.17 bits per heavy atom. The number of hydrogen-bond donors (Lipinski definition) is 1. The van der Waals surface area contributed by atoms with Crippen molar-refractivity contribution in [2.75, 3.05) is 13.1 Å². The van der Waals surface area contributed by atoms with Crippen molar-refractivity contribution in [2.24, 2.45) is 5.92 Å². The molecule has 18 heavy (non-hydrogen) atoms. The molecule has 102 valence electrons. The van der Waals surface area contributed by atoms with E-state index < -0.39 is 0 Å². The van der Waals surface area contributed by atoms with Gasteiger partial charge in [0.25, 0.3) is 0 Å². The van der Waals surface area contributed by atoms with E-state index in [4.69, 9.17) is 0 Å². The number of hydrogen-bond acceptors (Lipinski definition) is 3. The first-order chi connectivity index (χ1) is 8.39. The summed E-state index contributed by atoms with van der Waals surface area (Å²) < 4.78 is 0. The van der Waals surface area contributed by atoms with Crippen LogP contribution in [0.5, 0.6) is 0 Å². The lowest BCUT2D eigenvalue weighted by atomic mass is 9.92. The fourth-order valence-electron chi connectivity index (χ4n) is 2.79. The molecule has 0 aromatic carbocycles. The van der Waals surface area contributed by atoms with E-state index in [0.717, 1.165) is 19.6 Å². The molecule has 0 bridgehead atoms. The first kappa shape index (κ1) is 14.0. The molecule has 0 aliphatic carbocycles. The summed E-state index contributed by atoms with van der Waals surface area (Å²) in [6.07, 6.45) is 0. The zero-order chi connectivity index (χ0) is 13.3. The highest BCUT2D eigenvalue weighted by Gasteiger charge is 2.33.